The molecule has 0 spiro atoms. The van der Waals surface area contributed by atoms with Gasteiger partial charge in [-0.2, -0.15) is 5.10 Å². The third-order valence-corrected chi connectivity index (χ3v) is 4.73. The fourth-order valence-corrected chi connectivity index (χ4v) is 3.35. The van der Waals surface area contributed by atoms with Crippen molar-refractivity contribution in [2.24, 2.45) is 7.05 Å². The fourth-order valence-electron chi connectivity index (χ4n) is 3.35. The van der Waals surface area contributed by atoms with E-state index < -0.39 is 0 Å². The van der Waals surface area contributed by atoms with Gasteiger partial charge < -0.3 is 5.32 Å². The Hall–Kier alpha value is -2.21. The molecule has 0 bridgehead atoms. The molecule has 5 nitrogen and oxygen atoms in total. The maximum Gasteiger partial charge on any atom is 0.238 e. The van der Waals surface area contributed by atoms with Gasteiger partial charge in [0.25, 0.3) is 0 Å². The van der Waals surface area contributed by atoms with Crippen LogP contribution in [0.5, 0.6) is 0 Å². The number of rotatable bonds is 4. The lowest BCUT2D eigenvalue weighted by molar-refractivity contribution is -0.117. The van der Waals surface area contributed by atoms with Gasteiger partial charge in [0.2, 0.25) is 5.91 Å². The quantitative estimate of drug-likeness (QED) is 0.937. The molecule has 0 aliphatic carbocycles. The van der Waals surface area contributed by atoms with Crippen molar-refractivity contribution in [3.05, 3.63) is 47.0 Å². The molecule has 1 saturated heterocycles. The van der Waals surface area contributed by atoms with Gasteiger partial charge in [-0.05, 0) is 50.4 Å². The lowest BCUT2D eigenvalue weighted by Gasteiger charge is -2.16. The summed E-state index contributed by atoms with van der Waals surface area (Å²) in [6, 6.07) is 6.76. The number of aromatic nitrogens is 2. The zero-order valence-electron chi connectivity index (χ0n) is 14.3. The zero-order valence-corrected chi connectivity index (χ0v) is 14.3. The first-order valence-corrected chi connectivity index (χ1v) is 8.22. The van der Waals surface area contributed by atoms with Crippen LogP contribution in [-0.4, -0.2) is 40.2 Å². The largest absolute Gasteiger partial charge is 0.322 e. The van der Waals surface area contributed by atoms with Crippen LogP contribution in [-0.2, 0) is 11.8 Å². The third-order valence-electron chi connectivity index (χ3n) is 4.73. The van der Waals surface area contributed by atoms with Crippen molar-refractivity contribution in [2.75, 3.05) is 25.0 Å². The number of aryl methyl sites for hydroxylation is 2. The molecule has 0 unspecified atom stereocenters. The van der Waals surface area contributed by atoms with E-state index in [1.165, 1.54) is 6.07 Å². The van der Waals surface area contributed by atoms with E-state index in [1.807, 2.05) is 27.0 Å². The Morgan fingerprint density at radius 1 is 1.42 bits per heavy atom. The van der Waals surface area contributed by atoms with Gasteiger partial charge in [0.05, 0.1) is 23.6 Å². The Kier molecular flexibility index (Phi) is 4.66. The van der Waals surface area contributed by atoms with Crippen molar-refractivity contribution >= 4 is 11.6 Å². The predicted octanol–water partition coefficient (Wildman–Crippen LogP) is 2.60. The molecule has 2 aromatic rings. The summed E-state index contributed by atoms with van der Waals surface area (Å²) in [5, 5.41) is 7.27. The van der Waals surface area contributed by atoms with Crippen LogP contribution in [0.15, 0.2) is 24.3 Å². The van der Waals surface area contributed by atoms with Crippen LogP contribution >= 0.6 is 0 Å². The third kappa shape index (κ3) is 3.48. The molecule has 1 atom stereocenters. The van der Waals surface area contributed by atoms with Crippen molar-refractivity contribution in [1.82, 2.24) is 14.7 Å². The molecule has 2 heterocycles. The summed E-state index contributed by atoms with van der Waals surface area (Å²) < 4.78 is 15.1. The number of carbonyl (C=O) groups excluding carboxylic acids is 1. The lowest BCUT2D eigenvalue weighted by atomic mass is 9.98. The first kappa shape index (κ1) is 16.6. The number of benzene rings is 1. The smallest absolute Gasteiger partial charge is 0.238 e. The molecule has 1 amide bonds. The van der Waals surface area contributed by atoms with E-state index in [0.717, 1.165) is 42.1 Å². The van der Waals surface area contributed by atoms with E-state index in [2.05, 4.69) is 15.3 Å². The van der Waals surface area contributed by atoms with Crippen molar-refractivity contribution in [3.63, 3.8) is 0 Å². The van der Waals surface area contributed by atoms with Crippen LogP contribution < -0.4 is 5.32 Å². The molecular weight excluding hydrogens is 307 g/mol. The predicted molar refractivity (Wildman–Crippen MR) is 91.5 cm³/mol. The highest BCUT2D eigenvalue weighted by molar-refractivity contribution is 5.93. The van der Waals surface area contributed by atoms with E-state index >= 15 is 0 Å². The van der Waals surface area contributed by atoms with Crippen molar-refractivity contribution in [2.45, 2.75) is 26.2 Å². The first-order valence-electron chi connectivity index (χ1n) is 8.22. The second-order valence-electron chi connectivity index (χ2n) is 6.49. The van der Waals surface area contributed by atoms with Gasteiger partial charge in [0.15, 0.2) is 0 Å². The van der Waals surface area contributed by atoms with Crippen molar-refractivity contribution in [3.8, 4) is 0 Å². The number of halogens is 1. The van der Waals surface area contributed by atoms with Gasteiger partial charge in [-0.3, -0.25) is 14.4 Å². The molecule has 1 aromatic carbocycles. The first-order chi connectivity index (χ1) is 11.4. The van der Waals surface area contributed by atoms with Crippen LogP contribution in [0.1, 0.15) is 29.3 Å². The average molecular weight is 330 g/mol. The molecule has 1 aliphatic heterocycles. The summed E-state index contributed by atoms with van der Waals surface area (Å²) in [6.07, 6.45) is 0.946. The highest BCUT2D eigenvalue weighted by Crippen LogP contribution is 2.27. The molecule has 1 aliphatic rings. The number of anilines is 1. The molecule has 0 radical (unpaired) electrons. The number of hydrogen-bond acceptors (Lipinski definition) is 3. The SMILES string of the molecule is Cc1nn(C)c(C)c1NC(=O)CN1CC[C@H](c2cccc(F)c2)C1. The molecule has 3 rings (SSSR count). The van der Waals surface area contributed by atoms with Gasteiger partial charge in [-0.1, -0.05) is 12.1 Å². The molecule has 6 heteroatoms. The Labute approximate surface area is 141 Å². The molecule has 1 fully saturated rings. The highest BCUT2D eigenvalue weighted by atomic mass is 19.1. The number of amides is 1. The molecule has 128 valence electrons. The van der Waals surface area contributed by atoms with Gasteiger partial charge >= 0.3 is 0 Å². The Bertz CT molecular complexity index is 755. The summed E-state index contributed by atoms with van der Waals surface area (Å²) in [7, 11) is 1.86. The second-order valence-corrected chi connectivity index (χ2v) is 6.49. The number of hydrogen-bond donors (Lipinski definition) is 1. The van der Waals surface area contributed by atoms with Gasteiger partial charge in [0, 0.05) is 13.6 Å². The molecule has 0 saturated carbocycles. The van der Waals surface area contributed by atoms with E-state index in [1.54, 1.807) is 16.8 Å². The van der Waals surface area contributed by atoms with Crippen LogP contribution in [0.2, 0.25) is 0 Å². The molecular formula is C18H23FN4O. The fraction of sp³-hybridized carbons (Fsp3) is 0.444. The Morgan fingerprint density at radius 3 is 2.88 bits per heavy atom. The van der Waals surface area contributed by atoms with Crippen LogP contribution in [0.25, 0.3) is 0 Å². The summed E-state index contributed by atoms with van der Waals surface area (Å²) >= 11 is 0. The number of carbonyl (C=O) groups is 1. The zero-order chi connectivity index (χ0) is 17.3. The van der Waals surface area contributed by atoms with Crippen LogP contribution in [0.4, 0.5) is 10.1 Å². The molecule has 1 N–H and O–H groups in total. The minimum absolute atomic E-state index is 0.0332. The van der Waals surface area contributed by atoms with Gasteiger partial charge in [0.1, 0.15) is 5.82 Å². The van der Waals surface area contributed by atoms with Crippen molar-refractivity contribution in [1.29, 1.82) is 0 Å². The van der Waals surface area contributed by atoms with Gasteiger partial charge in [-0.25, -0.2) is 4.39 Å². The molecule has 1 aromatic heterocycles. The Morgan fingerprint density at radius 2 is 2.21 bits per heavy atom. The summed E-state index contributed by atoms with van der Waals surface area (Å²) in [5.74, 6) is 0.0516. The van der Waals surface area contributed by atoms with Crippen LogP contribution in [0, 0.1) is 19.7 Å². The minimum Gasteiger partial charge on any atom is -0.322 e. The van der Waals surface area contributed by atoms with E-state index in [9.17, 15) is 9.18 Å². The molecule has 24 heavy (non-hydrogen) atoms. The van der Waals surface area contributed by atoms with E-state index in [-0.39, 0.29) is 17.6 Å². The normalized spacial score (nSPS) is 18.1. The number of nitrogens with zero attached hydrogens (tertiary/aromatic N) is 3. The lowest BCUT2D eigenvalue weighted by Crippen LogP contribution is -2.31. The maximum atomic E-state index is 13.4. The summed E-state index contributed by atoms with van der Waals surface area (Å²) in [4.78, 5) is 14.4. The standard InChI is InChI=1S/C18H23FN4O/c1-12-18(13(2)22(3)21-12)20-17(24)11-23-8-7-15(10-23)14-5-4-6-16(19)9-14/h4-6,9,15H,7-8,10-11H2,1-3H3,(H,20,24)/t15-/m0/s1. The van der Waals surface area contributed by atoms with E-state index in [0.29, 0.717) is 6.54 Å². The minimum atomic E-state index is -0.203. The Balaban J connectivity index is 1.58. The second kappa shape index (κ2) is 6.73. The monoisotopic (exact) mass is 330 g/mol. The van der Waals surface area contributed by atoms with E-state index in [4.69, 9.17) is 0 Å². The van der Waals surface area contributed by atoms with Gasteiger partial charge in [-0.15, -0.1) is 0 Å². The van der Waals surface area contributed by atoms with Crippen LogP contribution in [0.3, 0.4) is 0 Å². The number of nitrogens with one attached hydrogen (secondary N) is 1. The van der Waals surface area contributed by atoms with Crippen molar-refractivity contribution < 1.29 is 9.18 Å². The summed E-state index contributed by atoms with van der Waals surface area (Å²) in [6.45, 7) is 5.80. The average Bonchev–Trinajstić information content (AvgIpc) is 3.08. The topological polar surface area (TPSA) is 50.2 Å². The number of likely N-dealkylation sites (tertiary alicyclic amines) is 1. The highest BCUT2D eigenvalue weighted by Gasteiger charge is 2.26. The maximum absolute atomic E-state index is 13.4. The summed E-state index contributed by atoms with van der Waals surface area (Å²) in [5.41, 5.74) is 3.57.